The number of rotatable bonds is 1. The van der Waals surface area contributed by atoms with Crippen LogP contribution in [0.15, 0.2) is 0 Å². The van der Waals surface area contributed by atoms with Crippen molar-refractivity contribution in [2.45, 2.75) is 6.18 Å². The SMILES string of the molecule is O=C(P)C(=O)C(F)(F)F. The minimum Gasteiger partial charge on any atom is -0.286 e. The molecule has 52 valence electrons. The number of halogens is 3. The van der Waals surface area contributed by atoms with Crippen LogP contribution in [0.1, 0.15) is 0 Å². The highest BCUT2D eigenvalue weighted by Crippen LogP contribution is 2.17. The highest BCUT2D eigenvalue weighted by atomic mass is 31.0. The first-order valence-electron chi connectivity index (χ1n) is 1.76. The van der Waals surface area contributed by atoms with E-state index in [2.05, 4.69) is 0 Å². The second kappa shape index (κ2) is 2.43. The lowest BCUT2D eigenvalue weighted by Crippen LogP contribution is -2.27. The zero-order chi connectivity index (χ0) is 7.65. The first kappa shape index (κ1) is 8.56. The lowest BCUT2D eigenvalue weighted by Gasteiger charge is -1.98. The smallest absolute Gasteiger partial charge is 0.286 e. The average molecular weight is 158 g/mol. The fourth-order valence-electron chi connectivity index (χ4n) is 0.140. The number of Topliss-reactive ketones (excluding diaryl/α,β-unsaturated/α-hetero) is 1. The average Bonchev–Trinajstić information content (AvgIpc) is 1.62. The van der Waals surface area contributed by atoms with Crippen LogP contribution in [0, 0.1) is 0 Å². The maximum atomic E-state index is 11.1. The summed E-state index contributed by atoms with van der Waals surface area (Å²) < 4.78 is 33.3. The molecule has 2 nitrogen and oxygen atoms in total. The van der Waals surface area contributed by atoms with Gasteiger partial charge in [-0.2, -0.15) is 13.2 Å². The van der Waals surface area contributed by atoms with E-state index < -0.39 is 17.5 Å². The van der Waals surface area contributed by atoms with E-state index in [0.717, 1.165) is 9.24 Å². The van der Waals surface area contributed by atoms with Crippen LogP contribution in [-0.2, 0) is 9.59 Å². The molecule has 1 unspecified atom stereocenters. The fourth-order valence-corrected chi connectivity index (χ4v) is 0.303. The van der Waals surface area contributed by atoms with Crippen molar-refractivity contribution < 1.29 is 22.8 Å². The van der Waals surface area contributed by atoms with Gasteiger partial charge >= 0.3 is 12.0 Å². The Labute approximate surface area is 50.6 Å². The molecule has 0 rings (SSSR count). The molecule has 0 heterocycles. The molecule has 6 heteroatoms. The maximum absolute atomic E-state index is 11.1. The van der Waals surface area contributed by atoms with E-state index in [9.17, 15) is 22.8 Å². The maximum Gasteiger partial charge on any atom is 0.458 e. The summed E-state index contributed by atoms with van der Waals surface area (Å²) >= 11 is 0. The van der Waals surface area contributed by atoms with Crippen molar-refractivity contribution in [3.63, 3.8) is 0 Å². The number of carbonyl (C=O) groups is 2. The summed E-state index contributed by atoms with van der Waals surface area (Å²) in [6.07, 6.45) is -5.03. The van der Waals surface area contributed by atoms with E-state index in [1.54, 1.807) is 0 Å². The monoisotopic (exact) mass is 158 g/mol. The molecule has 0 amide bonds. The summed E-state index contributed by atoms with van der Waals surface area (Å²) in [6, 6.07) is 0. The van der Waals surface area contributed by atoms with Crippen molar-refractivity contribution in [2.75, 3.05) is 0 Å². The molecular weight excluding hydrogens is 156 g/mol. The molecule has 0 fully saturated rings. The van der Waals surface area contributed by atoms with E-state index in [1.807, 2.05) is 0 Å². The fraction of sp³-hybridized carbons (Fsp3) is 0.333. The molecule has 0 radical (unpaired) electrons. The van der Waals surface area contributed by atoms with Gasteiger partial charge in [-0.1, -0.05) is 9.24 Å². The van der Waals surface area contributed by atoms with Gasteiger partial charge in [-0.25, -0.2) is 0 Å². The molecule has 9 heavy (non-hydrogen) atoms. The summed E-state index contributed by atoms with van der Waals surface area (Å²) in [5.74, 6) is -2.34. The van der Waals surface area contributed by atoms with Crippen LogP contribution in [-0.4, -0.2) is 17.5 Å². The topological polar surface area (TPSA) is 34.1 Å². The quantitative estimate of drug-likeness (QED) is 0.411. The van der Waals surface area contributed by atoms with Crippen molar-refractivity contribution in [2.24, 2.45) is 0 Å². The van der Waals surface area contributed by atoms with Crippen LogP contribution in [0.3, 0.4) is 0 Å². The summed E-state index contributed by atoms with van der Waals surface area (Å²) in [6.45, 7) is 0. The molecule has 0 saturated heterocycles. The molecule has 1 atom stereocenters. The molecule has 0 aliphatic carbocycles. The van der Waals surface area contributed by atoms with E-state index in [-0.39, 0.29) is 0 Å². The molecule has 0 aliphatic rings. The molecular formula is C3H2F3O2P. The van der Waals surface area contributed by atoms with Gasteiger partial charge in [-0.15, -0.1) is 0 Å². The number of ketones is 1. The van der Waals surface area contributed by atoms with E-state index >= 15 is 0 Å². The third-order valence-corrected chi connectivity index (χ3v) is 0.743. The minimum atomic E-state index is -5.03. The van der Waals surface area contributed by atoms with Gasteiger partial charge in [-0.3, -0.25) is 9.59 Å². The molecule has 0 aromatic heterocycles. The zero-order valence-corrected chi connectivity index (χ0v) is 5.18. The van der Waals surface area contributed by atoms with Crippen molar-refractivity contribution in [1.82, 2.24) is 0 Å². The van der Waals surface area contributed by atoms with Gasteiger partial charge in [0.2, 0.25) is 5.52 Å². The van der Waals surface area contributed by atoms with Gasteiger partial charge in [0.15, 0.2) is 0 Å². The Morgan fingerprint density at radius 3 is 1.56 bits per heavy atom. The van der Waals surface area contributed by atoms with Crippen LogP contribution in [0.2, 0.25) is 0 Å². The van der Waals surface area contributed by atoms with E-state index in [1.165, 1.54) is 0 Å². The lowest BCUT2D eigenvalue weighted by atomic mass is 10.4. The Hall–Kier alpha value is -0.440. The molecule has 0 N–H and O–H groups in total. The minimum absolute atomic E-state index is 1.15. The molecule has 0 aliphatic heterocycles. The predicted molar refractivity (Wildman–Crippen MR) is 25.8 cm³/mol. The highest BCUT2D eigenvalue weighted by Gasteiger charge is 2.41. The number of carbonyl (C=O) groups excluding carboxylic acids is 2. The largest absolute Gasteiger partial charge is 0.458 e. The van der Waals surface area contributed by atoms with Gasteiger partial charge in [0.05, 0.1) is 0 Å². The number of hydrogen-bond donors (Lipinski definition) is 0. The molecule has 0 saturated carbocycles. The van der Waals surface area contributed by atoms with Crippen LogP contribution in [0.25, 0.3) is 0 Å². The molecule has 0 aromatic carbocycles. The second-order valence-electron chi connectivity index (χ2n) is 1.19. The van der Waals surface area contributed by atoms with Gasteiger partial charge in [0.1, 0.15) is 0 Å². The van der Waals surface area contributed by atoms with Gasteiger partial charge in [0.25, 0.3) is 0 Å². The Morgan fingerprint density at radius 2 is 1.56 bits per heavy atom. The normalized spacial score (nSPS) is 11.1. The lowest BCUT2D eigenvalue weighted by molar-refractivity contribution is -0.172. The Morgan fingerprint density at radius 1 is 1.22 bits per heavy atom. The summed E-state index contributed by atoms with van der Waals surface area (Å²) in [4.78, 5) is 19.4. The highest BCUT2D eigenvalue weighted by molar-refractivity contribution is 7.45. The van der Waals surface area contributed by atoms with Crippen LogP contribution < -0.4 is 0 Å². The van der Waals surface area contributed by atoms with Crippen molar-refractivity contribution >= 4 is 20.5 Å². The number of hydrogen-bond acceptors (Lipinski definition) is 2. The molecule has 0 bridgehead atoms. The van der Waals surface area contributed by atoms with Crippen LogP contribution in [0.4, 0.5) is 13.2 Å². The molecule has 0 aromatic rings. The van der Waals surface area contributed by atoms with Crippen molar-refractivity contribution in [3.05, 3.63) is 0 Å². The molecule has 0 spiro atoms. The van der Waals surface area contributed by atoms with E-state index in [4.69, 9.17) is 0 Å². The van der Waals surface area contributed by atoms with Crippen molar-refractivity contribution in [1.29, 1.82) is 0 Å². The third-order valence-electron chi connectivity index (χ3n) is 0.481. The second-order valence-corrected chi connectivity index (χ2v) is 1.72. The first-order valence-corrected chi connectivity index (χ1v) is 2.34. The summed E-state index contributed by atoms with van der Waals surface area (Å²) in [5, 5.41) is 0. The standard InChI is InChI=1S/C3H2F3O2P/c4-3(5,6)1(7)2(8)9/h9H2. The van der Waals surface area contributed by atoms with Gasteiger partial charge < -0.3 is 0 Å². The third kappa shape index (κ3) is 2.56. The van der Waals surface area contributed by atoms with Crippen molar-refractivity contribution in [3.8, 4) is 0 Å². The van der Waals surface area contributed by atoms with Crippen LogP contribution in [0.5, 0.6) is 0 Å². The summed E-state index contributed by atoms with van der Waals surface area (Å²) in [7, 11) is 1.15. The number of alkyl halides is 3. The van der Waals surface area contributed by atoms with Crippen LogP contribution >= 0.6 is 9.24 Å². The van der Waals surface area contributed by atoms with Gasteiger partial charge in [-0.05, 0) is 0 Å². The summed E-state index contributed by atoms with van der Waals surface area (Å²) in [5.41, 5.74) is -1.57. The first-order chi connectivity index (χ1) is 3.85. The van der Waals surface area contributed by atoms with E-state index in [0.29, 0.717) is 0 Å². The zero-order valence-electron chi connectivity index (χ0n) is 4.03. The predicted octanol–water partition coefficient (Wildman–Crippen LogP) is 0.519. The Balaban J connectivity index is 4.23. The Kier molecular flexibility index (Phi) is 2.32. The Bertz CT molecular complexity index is 150. The van der Waals surface area contributed by atoms with Gasteiger partial charge in [0, 0.05) is 0 Å².